The monoisotopic (exact) mass is 1030 g/mol. The lowest BCUT2D eigenvalue weighted by Gasteiger charge is -2.40. The summed E-state index contributed by atoms with van der Waals surface area (Å²) in [6, 6.07) is 44.2. The maximum Gasteiger partial charge on any atom is 0.256 e. The topological polar surface area (TPSA) is 158 Å². The van der Waals surface area contributed by atoms with E-state index in [2.05, 4.69) is 27.1 Å². The van der Waals surface area contributed by atoms with Crippen molar-refractivity contribution in [2.75, 3.05) is 77.7 Å². The lowest BCUT2D eigenvalue weighted by atomic mass is 9.80. The number of nitrogens with one attached hydrogen (secondary N) is 1. The smallest absolute Gasteiger partial charge is 0.256 e. The maximum absolute atomic E-state index is 13.5. The van der Waals surface area contributed by atoms with Gasteiger partial charge in [-0.3, -0.25) is 18.8 Å². The Balaban J connectivity index is 1.13. The summed E-state index contributed by atoms with van der Waals surface area (Å²) in [6.07, 6.45) is 3.50. The summed E-state index contributed by atoms with van der Waals surface area (Å²) in [7, 11) is 3.54. The van der Waals surface area contributed by atoms with Crippen LogP contribution in [-0.4, -0.2) is 120 Å². The molecule has 4 heterocycles. The number of thioether (sulfide) groups is 1. The first-order chi connectivity index (χ1) is 35.4. The molecule has 0 spiro atoms. The van der Waals surface area contributed by atoms with Gasteiger partial charge in [0.05, 0.1) is 47.0 Å². The zero-order chi connectivity index (χ0) is 49.8. The Bertz CT molecular complexity index is 2800. The van der Waals surface area contributed by atoms with Gasteiger partial charge in [0, 0.05) is 42.8 Å². The molecule has 2 aliphatic rings. The lowest BCUT2D eigenvalue weighted by molar-refractivity contribution is -0.157. The Labute approximate surface area is 428 Å². The normalized spacial score (nSPS) is 18.5. The van der Waals surface area contributed by atoms with Gasteiger partial charge in [-0.15, -0.1) is 0 Å². The fourth-order valence-corrected chi connectivity index (χ4v) is 14.3. The highest BCUT2D eigenvalue weighted by molar-refractivity contribution is 8.53. The molecule has 4 atom stereocenters. The molecule has 1 N–H and O–H groups in total. The zero-order valence-corrected chi connectivity index (χ0v) is 42.9. The molecule has 0 aliphatic carbocycles. The van der Waals surface area contributed by atoms with Gasteiger partial charge in [0.15, 0.2) is 24.5 Å². The zero-order valence-electron chi connectivity index (χ0n) is 40.3. The third-order valence-electron chi connectivity index (χ3n) is 12.6. The second kappa shape index (κ2) is 24.3. The molecule has 374 valence electrons. The minimum atomic E-state index is -1.40. The van der Waals surface area contributed by atoms with E-state index in [1.54, 1.807) is 63.3 Å². The van der Waals surface area contributed by atoms with Crippen LogP contribution in [0, 0.1) is 0 Å². The third-order valence-corrected chi connectivity index (χ3v) is 17.8. The minimum absolute atomic E-state index is 0.00918. The van der Waals surface area contributed by atoms with Crippen LogP contribution >= 0.6 is 30.6 Å². The quantitative estimate of drug-likeness (QED) is 0.0367. The number of imidazole rings is 1. The molecule has 0 saturated carbocycles. The number of ether oxygens (including phenoxy) is 6. The molecule has 5 aromatic carbocycles. The number of nitrogens with zero attached hydrogens (tertiary/aromatic N) is 5. The number of fused-ring (bicyclic) bond motifs is 1. The molecule has 2 aromatic heterocycles. The van der Waals surface area contributed by atoms with Crippen LogP contribution in [0.3, 0.4) is 0 Å². The molecule has 15 nitrogen and oxygen atoms in total. The fraction of sp³-hybridized carbons (Fsp3) is 0.315. The van der Waals surface area contributed by atoms with Crippen molar-refractivity contribution in [2.24, 2.45) is 0 Å². The van der Waals surface area contributed by atoms with Crippen LogP contribution in [0.25, 0.3) is 11.2 Å². The van der Waals surface area contributed by atoms with Crippen LogP contribution in [0.15, 0.2) is 152 Å². The number of carbonyl (C=O) groups is 2. The van der Waals surface area contributed by atoms with Crippen LogP contribution in [0.5, 0.6) is 11.5 Å². The van der Waals surface area contributed by atoms with Crippen molar-refractivity contribution in [3.05, 3.63) is 180 Å². The first kappa shape index (κ1) is 51.2. The average molecular weight is 1030 g/mol. The van der Waals surface area contributed by atoms with E-state index in [4.69, 9.17) is 42.9 Å². The number of carbonyl (C=O) groups excluding carboxylic acids is 2. The Hall–Kier alpha value is -5.72. The molecule has 72 heavy (non-hydrogen) atoms. The highest BCUT2D eigenvalue weighted by Crippen LogP contribution is 2.59. The summed E-state index contributed by atoms with van der Waals surface area (Å²) in [5.41, 5.74) is 1.92. The Morgan fingerprint density at radius 3 is 1.99 bits per heavy atom. The molecule has 3 unspecified atom stereocenters. The predicted octanol–water partition coefficient (Wildman–Crippen LogP) is 9.83. The average Bonchev–Trinajstić information content (AvgIpc) is 4.22. The van der Waals surface area contributed by atoms with Crippen molar-refractivity contribution in [1.29, 1.82) is 0 Å². The number of rotatable bonds is 23. The number of anilines is 1. The molecule has 1 amide bonds. The molecule has 18 heteroatoms. The molecule has 7 aromatic rings. The van der Waals surface area contributed by atoms with E-state index >= 15 is 0 Å². The summed E-state index contributed by atoms with van der Waals surface area (Å²) in [5, 5.41) is 2.97. The van der Waals surface area contributed by atoms with Gasteiger partial charge in [0.1, 0.15) is 35.6 Å². The molecular weight excluding hydrogens is 972 g/mol. The van der Waals surface area contributed by atoms with Gasteiger partial charge in [-0.1, -0.05) is 126 Å². The predicted molar refractivity (Wildman–Crippen MR) is 282 cm³/mol. The fourth-order valence-electron chi connectivity index (χ4n) is 8.97. The number of hydrogen-bond acceptors (Lipinski definition) is 15. The van der Waals surface area contributed by atoms with Crippen molar-refractivity contribution >= 4 is 58.6 Å². The number of hydrogen-bond donors (Lipinski definition) is 1. The van der Waals surface area contributed by atoms with Crippen molar-refractivity contribution < 1.29 is 42.5 Å². The van der Waals surface area contributed by atoms with Crippen LogP contribution in [0.4, 0.5) is 5.82 Å². The Kier molecular flexibility index (Phi) is 17.3. The number of benzene rings is 5. The van der Waals surface area contributed by atoms with E-state index < -0.39 is 31.0 Å². The molecule has 2 saturated heterocycles. The largest absolute Gasteiger partial charge is 0.497 e. The van der Waals surface area contributed by atoms with Crippen LogP contribution in [0.1, 0.15) is 50.2 Å². The first-order valence-corrected chi connectivity index (χ1v) is 27.5. The molecule has 2 aliphatic heterocycles. The standard InChI is InChI=1S/C54H57N6O9PS2/c1-63-31-32-67-53(60-38-57-47-49(55-37-56-50(47)60)58-51(61)39-15-7-4-8-16-39)36-66-46(48(53)69-70(59-29-13-14-30-59)72-34-33-71-52(62)40-17-9-5-10-18-40)35-68-54(41-19-11-6-12-20-41,42-21-25-44(64-2)26-22-42)43-23-27-45(65-3)28-24-43/h4-12,15-28,37-38,46,48H,13-14,29-36H2,1-3H3,(H,55,56,58,61)/t46-,48?,53?,70?/m1/s1. The van der Waals surface area contributed by atoms with E-state index in [9.17, 15) is 9.59 Å². The number of methoxy groups -OCH3 is 3. The molecular formula is C54H57N6O9PS2. The Morgan fingerprint density at radius 1 is 0.750 bits per heavy atom. The van der Waals surface area contributed by atoms with Crippen molar-refractivity contribution in [3.8, 4) is 11.5 Å². The van der Waals surface area contributed by atoms with E-state index in [0.29, 0.717) is 45.3 Å². The van der Waals surface area contributed by atoms with Crippen LogP contribution < -0.4 is 14.8 Å². The van der Waals surface area contributed by atoms with Crippen molar-refractivity contribution in [3.63, 3.8) is 0 Å². The van der Waals surface area contributed by atoms with E-state index in [1.807, 2.05) is 108 Å². The molecule has 0 radical (unpaired) electrons. The summed E-state index contributed by atoms with van der Waals surface area (Å²) >= 11 is 3.00. The highest BCUT2D eigenvalue weighted by Gasteiger charge is 2.57. The van der Waals surface area contributed by atoms with Crippen molar-refractivity contribution in [1.82, 2.24) is 24.2 Å². The molecule has 0 bridgehead atoms. The highest BCUT2D eigenvalue weighted by atomic mass is 32.7. The molecule has 2 fully saturated rings. The number of amides is 1. The van der Waals surface area contributed by atoms with Crippen LogP contribution in [-0.2, 0) is 34.8 Å². The second-order valence-corrected chi connectivity index (χ2v) is 21.6. The summed E-state index contributed by atoms with van der Waals surface area (Å²) < 4.78 is 50.3. The summed E-state index contributed by atoms with van der Waals surface area (Å²) in [5.74, 6) is 2.54. The van der Waals surface area contributed by atoms with Gasteiger partial charge in [0.25, 0.3) is 5.91 Å². The van der Waals surface area contributed by atoms with E-state index in [-0.39, 0.29) is 43.3 Å². The van der Waals surface area contributed by atoms with Gasteiger partial charge in [0.2, 0.25) is 10.8 Å². The van der Waals surface area contributed by atoms with Gasteiger partial charge in [-0.05, 0) is 65.9 Å². The lowest BCUT2D eigenvalue weighted by Crippen LogP contribution is -2.51. The van der Waals surface area contributed by atoms with E-state index in [1.165, 1.54) is 18.1 Å². The van der Waals surface area contributed by atoms with Gasteiger partial charge < -0.3 is 38.3 Å². The SMILES string of the molecule is COCCOC1(n2cnc3c(NC(=O)c4ccccc4)ncnc32)CO[C@H](COC(c2ccccc2)(c2ccc(OC)cc2)c2ccc(OC)cc2)C1OP(SCCSC(=O)c1ccccc1)N1CCCC1. The van der Waals surface area contributed by atoms with Gasteiger partial charge >= 0.3 is 0 Å². The second-order valence-electron chi connectivity index (χ2n) is 16.9. The van der Waals surface area contributed by atoms with E-state index in [0.717, 1.165) is 42.6 Å². The van der Waals surface area contributed by atoms with Gasteiger partial charge in [-0.25, -0.2) is 15.0 Å². The maximum atomic E-state index is 13.5. The van der Waals surface area contributed by atoms with Gasteiger partial charge in [-0.2, -0.15) is 0 Å². The minimum Gasteiger partial charge on any atom is -0.497 e. The van der Waals surface area contributed by atoms with Crippen molar-refractivity contribution in [2.45, 2.75) is 36.4 Å². The summed E-state index contributed by atoms with van der Waals surface area (Å²) in [4.78, 5) is 40.8. The van der Waals surface area contributed by atoms with Crippen LogP contribution in [0.2, 0.25) is 0 Å². The third kappa shape index (κ3) is 11.2. The first-order valence-electron chi connectivity index (χ1n) is 23.7. The summed E-state index contributed by atoms with van der Waals surface area (Å²) in [6.45, 7) is 2.16. The Morgan fingerprint density at radius 2 is 1.36 bits per heavy atom. The number of aromatic nitrogens is 4. The molecule has 9 rings (SSSR count).